The van der Waals surface area contributed by atoms with Crippen LogP contribution >= 0.6 is 0 Å². The summed E-state index contributed by atoms with van der Waals surface area (Å²) >= 11 is 0. The molecule has 0 spiro atoms. The van der Waals surface area contributed by atoms with Gasteiger partial charge in [0.15, 0.2) is 0 Å². The fraction of sp³-hybridized carbons (Fsp3) is 1.00. The number of alkyl halides is 3. The van der Waals surface area contributed by atoms with Gasteiger partial charge in [-0.05, 0) is 12.8 Å². The van der Waals surface area contributed by atoms with Crippen LogP contribution in [0.5, 0.6) is 0 Å². The summed E-state index contributed by atoms with van der Waals surface area (Å²) < 4.78 is 39.6. The smallest absolute Gasteiger partial charge is 0.171 e. The third kappa shape index (κ3) is 18.9. The molecule has 0 aromatic carbocycles. The first-order valence-electron chi connectivity index (χ1n) is 12.1. The van der Waals surface area contributed by atoms with E-state index >= 15 is 0 Å². The molecule has 0 aliphatic rings. The van der Waals surface area contributed by atoms with E-state index in [0.717, 1.165) is 38.5 Å². The SMILES string of the molecule is CCCCCCCCCCCCCC(CCCCCCCCC)C(F)(F)F. The molecule has 0 aromatic heterocycles. The van der Waals surface area contributed by atoms with Crippen molar-refractivity contribution >= 4 is 0 Å². The molecule has 0 fully saturated rings. The second kappa shape index (κ2) is 19.1. The van der Waals surface area contributed by atoms with E-state index in [1.165, 1.54) is 77.0 Å². The van der Waals surface area contributed by atoms with Crippen molar-refractivity contribution in [2.75, 3.05) is 0 Å². The molecular formula is C24H47F3. The quantitative estimate of drug-likeness (QED) is 0.181. The predicted octanol–water partition coefficient (Wildman–Crippen LogP) is 10.0. The summed E-state index contributed by atoms with van der Waals surface area (Å²) in [6.07, 6.45) is 17.6. The van der Waals surface area contributed by atoms with E-state index in [1.807, 2.05) is 0 Å². The highest BCUT2D eigenvalue weighted by Gasteiger charge is 2.38. The van der Waals surface area contributed by atoms with Gasteiger partial charge >= 0.3 is 6.18 Å². The number of hydrogen-bond donors (Lipinski definition) is 0. The van der Waals surface area contributed by atoms with Crippen LogP contribution in [0.1, 0.15) is 142 Å². The highest BCUT2D eigenvalue weighted by atomic mass is 19.4. The Labute approximate surface area is 168 Å². The van der Waals surface area contributed by atoms with Gasteiger partial charge in [-0.25, -0.2) is 0 Å². The lowest BCUT2D eigenvalue weighted by Crippen LogP contribution is -2.22. The molecule has 0 aliphatic heterocycles. The van der Waals surface area contributed by atoms with Crippen molar-refractivity contribution in [1.29, 1.82) is 0 Å². The molecule has 0 rings (SSSR count). The highest BCUT2D eigenvalue weighted by molar-refractivity contribution is 4.68. The van der Waals surface area contributed by atoms with Crippen molar-refractivity contribution in [3.8, 4) is 0 Å². The molecule has 27 heavy (non-hydrogen) atoms. The maximum Gasteiger partial charge on any atom is 0.391 e. The Bertz CT molecular complexity index is 286. The van der Waals surface area contributed by atoms with E-state index in [-0.39, 0.29) is 0 Å². The standard InChI is InChI=1S/C24H47F3/c1-3-5-7-9-11-12-13-14-16-18-20-22-23(24(25,26)27)21-19-17-15-10-8-6-4-2/h23H,3-22H2,1-2H3. The molecule has 0 saturated heterocycles. The van der Waals surface area contributed by atoms with Crippen LogP contribution in [0.4, 0.5) is 13.2 Å². The maximum absolute atomic E-state index is 13.2. The fourth-order valence-corrected chi connectivity index (χ4v) is 3.87. The van der Waals surface area contributed by atoms with E-state index in [1.54, 1.807) is 0 Å². The van der Waals surface area contributed by atoms with Gasteiger partial charge in [-0.3, -0.25) is 0 Å². The lowest BCUT2D eigenvalue weighted by Gasteiger charge is -2.20. The first kappa shape index (κ1) is 26.8. The molecule has 0 aliphatic carbocycles. The summed E-state index contributed by atoms with van der Waals surface area (Å²) in [6.45, 7) is 4.42. The summed E-state index contributed by atoms with van der Waals surface area (Å²) in [5.74, 6) is -1.06. The van der Waals surface area contributed by atoms with E-state index in [9.17, 15) is 13.2 Å². The molecule has 0 N–H and O–H groups in total. The summed E-state index contributed by atoms with van der Waals surface area (Å²) in [6, 6.07) is 0. The molecule has 1 atom stereocenters. The van der Waals surface area contributed by atoms with Crippen LogP contribution in [0, 0.1) is 5.92 Å². The predicted molar refractivity (Wildman–Crippen MR) is 113 cm³/mol. The minimum atomic E-state index is -4.00. The van der Waals surface area contributed by atoms with Crippen molar-refractivity contribution < 1.29 is 13.2 Å². The number of halogens is 3. The Morgan fingerprint density at radius 2 is 0.704 bits per heavy atom. The van der Waals surface area contributed by atoms with Crippen molar-refractivity contribution in [3.05, 3.63) is 0 Å². The summed E-state index contributed by atoms with van der Waals surface area (Å²) in [5.41, 5.74) is 0. The highest BCUT2D eigenvalue weighted by Crippen LogP contribution is 2.34. The topological polar surface area (TPSA) is 0 Å². The van der Waals surface area contributed by atoms with Gasteiger partial charge in [0.1, 0.15) is 0 Å². The number of rotatable bonds is 20. The van der Waals surface area contributed by atoms with Crippen LogP contribution in [0.3, 0.4) is 0 Å². The van der Waals surface area contributed by atoms with Gasteiger partial charge in [0, 0.05) is 0 Å². The fourth-order valence-electron chi connectivity index (χ4n) is 3.87. The zero-order valence-electron chi connectivity index (χ0n) is 18.4. The molecule has 0 amide bonds. The lowest BCUT2D eigenvalue weighted by molar-refractivity contribution is -0.178. The van der Waals surface area contributed by atoms with Crippen LogP contribution in [0.2, 0.25) is 0 Å². The van der Waals surface area contributed by atoms with Crippen molar-refractivity contribution in [2.45, 2.75) is 148 Å². The zero-order chi connectivity index (χ0) is 20.2. The number of unbranched alkanes of at least 4 members (excludes halogenated alkanes) is 16. The van der Waals surface area contributed by atoms with Crippen molar-refractivity contribution in [1.82, 2.24) is 0 Å². The maximum atomic E-state index is 13.2. The first-order valence-corrected chi connectivity index (χ1v) is 12.1. The molecular weight excluding hydrogens is 345 g/mol. The molecule has 1 unspecified atom stereocenters. The van der Waals surface area contributed by atoms with Crippen LogP contribution in [-0.2, 0) is 0 Å². The Balaban J connectivity index is 3.60. The minimum Gasteiger partial charge on any atom is -0.171 e. The normalized spacial score (nSPS) is 13.2. The third-order valence-corrected chi connectivity index (χ3v) is 5.78. The van der Waals surface area contributed by atoms with Gasteiger partial charge in [-0.2, -0.15) is 13.2 Å². The monoisotopic (exact) mass is 392 g/mol. The molecule has 0 heterocycles. The van der Waals surface area contributed by atoms with Crippen LogP contribution in [0.25, 0.3) is 0 Å². The van der Waals surface area contributed by atoms with Crippen molar-refractivity contribution in [3.63, 3.8) is 0 Å². The second-order valence-corrected chi connectivity index (χ2v) is 8.47. The lowest BCUT2D eigenvalue weighted by atomic mass is 9.93. The second-order valence-electron chi connectivity index (χ2n) is 8.47. The van der Waals surface area contributed by atoms with E-state index in [0.29, 0.717) is 12.8 Å². The largest absolute Gasteiger partial charge is 0.391 e. The summed E-state index contributed by atoms with van der Waals surface area (Å²) in [7, 11) is 0. The molecule has 0 nitrogen and oxygen atoms in total. The Morgan fingerprint density at radius 1 is 0.444 bits per heavy atom. The van der Waals surface area contributed by atoms with Gasteiger partial charge in [-0.1, -0.05) is 129 Å². The average Bonchev–Trinajstić information content (AvgIpc) is 2.62. The van der Waals surface area contributed by atoms with Gasteiger partial charge in [0.25, 0.3) is 0 Å². The zero-order valence-corrected chi connectivity index (χ0v) is 18.4. The van der Waals surface area contributed by atoms with Gasteiger partial charge < -0.3 is 0 Å². The molecule has 0 radical (unpaired) electrons. The number of hydrogen-bond acceptors (Lipinski definition) is 0. The van der Waals surface area contributed by atoms with E-state index < -0.39 is 12.1 Å². The third-order valence-electron chi connectivity index (χ3n) is 5.78. The van der Waals surface area contributed by atoms with Crippen LogP contribution < -0.4 is 0 Å². The summed E-state index contributed by atoms with van der Waals surface area (Å²) in [4.78, 5) is 0. The Hall–Kier alpha value is -0.210. The van der Waals surface area contributed by atoms with Crippen LogP contribution in [0.15, 0.2) is 0 Å². The average molecular weight is 393 g/mol. The van der Waals surface area contributed by atoms with Crippen molar-refractivity contribution in [2.24, 2.45) is 5.92 Å². The van der Waals surface area contributed by atoms with E-state index in [2.05, 4.69) is 13.8 Å². The minimum absolute atomic E-state index is 0.342. The molecule has 0 saturated carbocycles. The molecule has 3 heteroatoms. The molecule has 0 aromatic rings. The summed E-state index contributed by atoms with van der Waals surface area (Å²) in [5, 5.41) is 0. The molecule has 0 bridgehead atoms. The molecule has 164 valence electrons. The van der Waals surface area contributed by atoms with Gasteiger partial charge in [0.05, 0.1) is 5.92 Å². The Morgan fingerprint density at radius 3 is 0.963 bits per heavy atom. The van der Waals surface area contributed by atoms with Crippen LogP contribution in [-0.4, -0.2) is 6.18 Å². The van der Waals surface area contributed by atoms with Gasteiger partial charge in [-0.15, -0.1) is 0 Å². The van der Waals surface area contributed by atoms with E-state index in [4.69, 9.17) is 0 Å². The first-order chi connectivity index (χ1) is 13.0. The Kier molecular flexibility index (Phi) is 19.0. The van der Waals surface area contributed by atoms with Gasteiger partial charge in [0.2, 0.25) is 0 Å².